The zero-order valence-electron chi connectivity index (χ0n) is 10.2. The third kappa shape index (κ3) is 3.31. The molecule has 0 spiro atoms. The molecule has 0 radical (unpaired) electrons. The van der Waals surface area contributed by atoms with Crippen LogP contribution in [0.2, 0.25) is 0 Å². The maximum absolute atomic E-state index is 10.7. The van der Waals surface area contributed by atoms with Crippen molar-refractivity contribution in [3.05, 3.63) is 33.9 Å². The van der Waals surface area contributed by atoms with E-state index in [0.717, 1.165) is 16.4 Å². The first-order valence-electron chi connectivity index (χ1n) is 5.35. The van der Waals surface area contributed by atoms with Gasteiger partial charge < -0.3 is 5.11 Å². The number of carboxylic acid groups (broad SMARTS) is 1. The Hall–Kier alpha value is -3.00. The van der Waals surface area contributed by atoms with Crippen LogP contribution in [0.4, 0.5) is 5.69 Å². The molecule has 0 saturated heterocycles. The molecule has 21 heavy (non-hydrogen) atoms. The largest absolute Gasteiger partial charge is 0.480 e. The fraction of sp³-hybridized carbons (Fsp3) is 0.100. The summed E-state index contributed by atoms with van der Waals surface area (Å²) in [6, 6.07) is 5.69. The van der Waals surface area contributed by atoms with Gasteiger partial charge in [0.05, 0.1) is 4.92 Å². The number of benzene rings is 1. The molecule has 1 aromatic carbocycles. The van der Waals surface area contributed by atoms with Crippen LogP contribution in [0.5, 0.6) is 0 Å². The van der Waals surface area contributed by atoms with E-state index in [1.807, 2.05) is 0 Å². The van der Waals surface area contributed by atoms with Crippen molar-refractivity contribution in [1.29, 1.82) is 5.26 Å². The molecular weight excluding hydrogens is 300 g/mol. The van der Waals surface area contributed by atoms with Crippen molar-refractivity contribution in [2.75, 3.05) is 0 Å². The minimum absolute atomic E-state index is 0.0951. The predicted octanol–water partition coefficient (Wildman–Crippen LogP) is 0.689. The van der Waals surface area contributed by atoms with Crippen molar-refractivity contribution >= 4 is 23.4 Å². The minimum Gasteiger partial charge on any atom is -0.480 e. The van der Waals surface area contributed by atoms with Gasteiger partial charge in [0.15, 0.2) is 0 Å². The molecule has 11 heteroatoms. The van der Waals surface area contributed by atoms with E-state index in [-0.39, 0.29) is 16.4 Å². The molecule has 0 amide bonds. The molecule has 0 atom stereocenters. The van der Waals surface area contributed by atoms with Crippen molar-refractivity contribution in [3.63, 3.8) is 0 Å². The number of nitro groups is 1. The Morgan fingerprint density at radius 2 is 2.33 bits per heavy atom. The number of hydrogen-bond donors (Lipinski definition) is 1. The highest BCUT2D eigenvalue weighted by molar-refractivity contribution is 7.99. The Labute approximate surface area is 121 Å². The van der Waals surface area contributed by atoms with E-state index in [1.54, 1.807) is 6.07 Å². The van der Waals surface area contributed by atoms with Gasteiger partial charge in [-0.05, 0) is 34.3 Å². The summed E-state index contributed by atoms with van der Waals surface area (Å²) in [5.41, 5.74) is -0.394. The number of carbonyl (C=O) groups is 1. The van der Waals surface area contributed by atoms with Crippen LogP contribution in [0.25, 0.3) is 0 Å². The quantitative estimate of drug-likeness (QED) is 0.621. The highest BCUT2D eigenvalue weighted by Crippen LogP contribution is 2.29. The van der Waals surface area contributed by atoms with Crippen molar-refractivity contribution < 1.29 is 14.8 Å². The number of rotatable bonds is 5. The van der Waals surface area contributed by atoms with E-state index >= 15 is 0 Å². The molecular formula is C10H6N6O4S. The smallest absolute Gasteiger partial charge is 0.325 e. The summed E-state index contributed by atoms with van der Waals surface area (Å²) >= 11 is 1.00. The number of aliphatic carboxylic acids is 1. The molecule has 10 nitrogen and oxygen atoms in total. The minimum atomic E-state index is -1.11. The van der Waals surface area contributed by atoms with Crippen LogP contribution in [0.1, 0.15) is 5.56 Å². The van der Waals surface area contributed by atoms with Crippen molar-refractivity contribution in [2.45, 2.75) is 16.6 Å². The number of nitrogens with zero attached hydrogens (tertiary/aromatic N) is 6. The molecule has 1 heterocycles. The second-order valence-corrected chi connectivity index (χ2v) is 4.70. The van der Waals surface area contributed by atoms with E-state index in [0.29, 0.717) is 4.90 Å². The van der Waals surface area contributed by atoms with E-state index in [9.17, 15) is 14.9 Å². The summed E-state index contributed by atoms with van der Waals surface area (Å²) in [5.74, 6) is -1.11. The first-order chi connectivity index (χ1) is 10.0. The Morgan fingerprint density at radius 1 is 1.57 bits per heavy atom. The summed E-state index contributed by atoms with van der Waals surface area (Å²) in [4.78, 5) is 21.2. The average Bonchev–Trinajstić information content (AvgIpc) is 2.84. The van der Waals surface area contributed by atoms with E-state index < -0.39 is 17.4 Å². The lowest BCUT2D eigenvalue weighted by molar-refractivity contribution is -0.385. The van der Waals surface area contributed by atoms with Gasteiger partial charge in [-0.2, -0.15) is 5.26 Å². The monoisotopic (exact) mass is 306 g/mol. The highest BCUT2D eigenvalue weighted by Gasteiger charge is 2.16. The first kappa shape index (κ1) is 14.4. The molecule has 2 aromatic rings. The van der Waals surface area contributed by atoms with Crippen LogP contribution >= 0.6 is 11.8 Å². The summed E-state index contributed by atoms with van der Waals surface area (Å²) < 4.78 is 1.07. The molecule has 106 valence electrons. The van der Waals surface area contributed by atoms with Crippen LogP contribution in [0.3, 0.4) is 0 Å². The second kappa shape index (κ2) is 5.97. The van der Waals surface area contributed by atoms with Gasteiger partial charge in [-0.15, -0.1) is 5.10 Å². The molecule has 0 fully saturated rings. The molecule has 1 aromatic heterocycles. The lowest BCUT2D eigenvalue weighted by atomic mass is 10.2. The summed E-state index contributed by atoms with van der Waals surface area (Å²) in [6.45, 7) is -0.409. The molecule has 0 aliphatic carbocycles. The van der Waals surface area contributed by atoms with E-state index in [2.05, 4.69) is 15.5 Å². The highest BCUT2D eigenvalue weighted by atomic mass is 32.2. The zero-order chi connectivity index (χ0) is 15.4. The van der Waals surface area contributed by atoms with Crippen molar-refractivity contribution in [1.82, 2.24) is 20.2 Å². The first-order valence-corrected chi connectivity index (χ1v) is 6.17. The Balaban J connectivity index is 2.29. The summed E-state index contributed by atoms with van der Waals surface area (Å²) in [6.07, 6.45) is 0. The van der Waals surface area contributed by atoms with E-state index in [4.69, 9.17) is 10.4 Å². The summed E-state index contributed by atoms with van der Waals surface area (Å²) in [7, 11) is 0. The molecule has 0 aliphatic heterocycles. The molecule has 0 saturated carbocycles. The fourth-order valence-electron chi connectivity index (χ4n) is 1.43. The SMILES string of the molecule is N#Cc1cc(Sc2nnnn2CC(=O)O)ccc1[N+](=O)[O-]. The number of carboxylic acids is 1. The third-order valence-electron chi connectivity index (χ3n) is 2.28. The van der Waals surface area contributed by atoms with Gasteiger partial charge in [-0.25, -0.2) is 4.68 Å². The number of tetrazole rings is 1. The zero-order valence-corrected chi connectivity index (χ0v) is 11.0. The van der Waals surface area contributed by atoms with Crippen LogP contribution in [-0.4, -0.2) is 36.2 Å². The molecule has 1 N–H and O–H groups in total. The molecule has 0 bridgehead atoms. The van der Waals surface area contributed by atoms with Crippen LogP contribution in [0.15, 0.2) is 28.3 Å². The van der Waals surface area contributed by atoms with E-state index in [1.165, 1.54) is 18.2 Å². The lowest BCUT2D eigenvalue weighted by Crippen LogP contribution is -2.11. The predicted molar refractivity (Wildman–Crippen MR) is 67.4 cm³/mol. The van der Waals surface area contributed by atoms with Gasteiger partial charge >= 0.3 is 5.97 Å². The molecule has 0 aliphatic rings. The Kier molecular flexibility index (Phi) is 4.10. The van der Waals surface area contributed by atoms with Gasteiger partial charge in [0.2, 0.25) is 5.16 Å². The molecule has 0 unspecified atom stereocenters. The van der Waals surface area contributed by atoms with Gasteiger partial charge in [0.25, 0.3) is 5.69 Å². The third-order valence-corrected chi connectivity index (χ3v) is 3.24. The average molecular weight is 306 g/mol. The van der Waals surface area contributed by atoms with Gasteiger partial charge in [0, 0.05) is 11.0 Å². The van der Waals surface area contributed by atoms with Gasteiger partial charge in [0.1, 0.15) is 18.2 Å². The van der Waals surface area contributed by atoms with Crippen molar-refractivity contribution in [2.24, 2.45) is 0 Å². The lowest BCUT2D eigenvalue weighted by Gasteiger charge is -2.02. The second-order valence-electron chi connectivity index (χ2n) is 3.66. The maximum Gasteiger partial charge on any atom is 0.325 e. The Morgan fingerprint density at radius 3 is 2.95 bits per heavy atom. The topological polar surface area (TPSA) is 148 Å². The number of aromatic nitrogens is 4. The standard InChI is InChI=1S/C10H6N6O4S/c11-4-6-3-7(1-2-8(6)16(19)20)21-10-12-13-14-15(10)5-9(17)18/h1-3H,5H2,(H,17,18). The van der Waals surface area contributed by atoms with Gasteiger partial charge in [-0.3, -0.25) is 14.9 Å². The fourth-order valence-corrected chi connectivity index (χ4v) is 2.24. The number of nitriles is 1. The number of nitro benzene ring substituents is 1. The summed E-state index contributed by atoms with van der Waals surface area (Å²) in [5, 5.41) is 39.1. The molecule has 2 rings (SSSR count). The van der Waals surface area contributed by atoms with Crippen molar-refractivity contribution in [3.8, 4) is 6.07 Å². The Bertz CT molecular complexity index is 752. The maximum atomic E-state index is 10.7. The van der Waals surface area contributed by atoms with Crippen LogP contribution in [0, 0.1) is 21.4 Å². The van der Waals surface area contributed by atoms with Crippen LogP contribution < -0.4 is 0 Å². The van der Waals surface area contributed by atoms with Crippen LogP contribution in [-0.2, 0) is 11.3 Å². The number of hydrogen-bond acceptors (Lipinski definition) is 8. The van der Waals surface area contributed by atoms with Gasteiger partial charge in [-0.1, -0.05) is 0 Å². The normalized spacial score (nSPS) is 10.0.